The summed E-state index contributed by atoms with van der Waals surface area (Å²) in [5.41, 5.74) is 0.572. The van der Waals surface area contributed by atoms with E-state index in [4.69, 9.17) is 9.47 Å². The van der Waals surface area contributed by atoms with Gasteiger partial charge in [0.2, 0.25) is 0 Å². The van der Waals surface area contributed by atoms with Gasteiger partial charge in [-0.1, -0.05) is 18.2 Å². The summed E-state index contributed by atoms with van der Waals surface area (Å²) in [4.78, 5) is 17.0. The molecule has 3 rings (SSSR count). The number of benzene rings is 2. The van der Waals surface area contributed by atoms with E-state index in [0.29, 0.717) is 13.2 Å². The summed E-state index contributed by atoms with van der Waals surface area (Å²) in [5, 5.41) is 2.64. The summed E-state index contributed by atoms with van der Waals surface area (Å²) in [6.45, 7) is 3.35. The number of methoxy groups -OCH3 is 2. The lowest BCUT2D eigenvalue weighted by atomic mass is 10.0. The largest absolute Gasteiger partial charge is 0.497 e. The molecule has 1 N–H and O–H groups in total. The van der Waals surface area contributed by atoms with Crippen LogP contribution in [0, 0.1) is 0 Å². The quantitative estimate of drug-likeness (QED) is 0.556. The lowest BCUT2D eigenvalue weighted by Gasteiger charge is -2.38. The number of halogens is 3. The standard InChI is InChI=1S/C25H32F3N3O3/c1-33-17-16-31(24(32)29-21-5-3-4-20(18-21)25(26,27)28)22-11-14-30(15-12-22)13-10-19-6-8-23(34-2)9-7-19/h3-9,18,22H,10-17H2,1-2H3,(H,29,32). The SMILES string of the molecule is COCCN(C(=O)Nc1cccc(C(F)(F)F)c1)C1CCN(CCc2ccc(OC)cc2)CC1. The number of nitrogens with one attached hydrogen (secondary N) is 1. The van der Waals surface area contributed by atoms with E-state index in [1.165, 1.54) is 17.7 Å². The summed E-state index contributed by atoms with van der Waals surface area (Å²) in [5.74, 6) is 0.837. The summed E-state index contributed by atoms with van der Waals surface area (Å²) in [7, 11) is 3.21. The molecular weight excluding hydrogens is 447 g/mol. The minimum atomic E-state index is -4.46. The van der Waals surface area contributed by atoms with E-state index in [1.807, 2.05) is 12.1 Å². The molecule has 0 spiro atoms. The number of carbonyl (C=O) groups excluding carboxylic acids is 1. The number of piperidine rings is 1. The van der Waals surface area contributed by atoms with Gasteiger partial charge in [0.15, 0.2) is 0 Å². The Morgan fingerprint density at radius 3 is 2.44 bits per heavy atom. The van der Waals surface area contributed by atoms with Crippen LogP contribution in [0.3, 0.4) is 0 Å². The van der Waals surface area contributed by atoms with Crippen LogP contribution in [0.2, 0.25) is 0 Å². The Morgan fingerprint density at radius 1 is 1.12 bits per heavy atom. The topological polar surface area (TPSA) is 54.0 Å². The highest BCUT2D eigenvalue weighted by Gasteiger charge is 2.31. The second kappa shape index (κ2) is 12.1. The first-order valence-electron chi connectivity index (χ1n) is 11.4. The van der Waals surface area contributed by atoms with Crippen LogP contribution in [0.1, 0.15) is 24.0 Å². The molecule has 0 atom stereocenters. The number of hydrogen-bond donors (Lipinski definition) is 1. The minimum absolute atomic E-state index is 0.00168. The molecule has 1 heterocycles. The van der Waals surface area contributed by atoms with Crippen LogP contribution < -0.4 is 10.1 Å². The molecule has 0 aromatic heterocycles. The number of likely N-dealkylation sites (tertiary alicyclic amines) is 1. The van der Waals surface area contributed by atoms with Gasteiger partial charge < -0.3 is 24.6 Å². The minimum Gasteiger partial charge on any atom is -0.497 e. The van der Waals surface area contributed by atoms with Gasteiger partial charge >= 0.3 is 12.2 Å². The van der Waals surface area contributed by atoms with E-state index in [2.05, 4.69) is 22.3 Å². The molecule has 0 radical (unpaired) electrons. The Kier molecular flexibility index (Phi) is 9.18. The van der Waals surface area contributed by atoms with Crippen molar-refractivity contribution in [3.63, 3.8) is 0 Å². The van der Waals surface area contributed by atoms with Gasteiger partial charge in [-0.05, 0) is 55.2 Å². The number of urea groups is 1. The van der Waals surface area contributed by atoms with Crippen molar-refractivity contribution in [1.82, 2.24) is 9.80 Å². The van der Waals surface area contributed by atoms with Gasteiger partial charge in [0.05, 0.1) is 19.3 Å². The van der Waals surface area contributed by atoms with Crippen molar-refractivity contribution < 1.29 is 27.4 Å². The van der Waals surface area contributed by atoms with Crippen molar-refractivity contribution in [1.29, 1.82) is 0 Å². The number of alkyl halides is 3. The third kappa shape index (κ3) is 7.36. The maximum absolute atomic E-state index is 13.0. The number of nitrogens with zero attached hydrogens (tertiary/aromatic N) is 2. The molecule has 2 aromatic rings. The van der Waals surface area contributed by atoms with E-state index in [0.717, 1.165) is 56.8 Å². The number of ether oxygens (including phenoxy) is 2. The monoisotopic (exact) mass is 479 g/mol. The van der Waals surface area contributed by atoms with Crippen molar-refractivity contribution in [2.75, 3.05) is 52.3 Å². The molecule has 186 valence electrons. The normalized spacial score (nSPS) is 15.2. The zero-order valence-electron chi connectivity index (χ0n) is 19.6. The maximum Gasteiger partial charge on any atom is 0.416 e. The van der Waals surface area contributed by atoms with Crippen molar-refractivity contribution in [2.24, 2.45) is 0 Å². The molecule has 0 unspecified atom stereocenters. The number of carbonyl (C=O) groups is 1. The van der Waals surface area contributed by atoms with E-state index >= 15 is 0 Å². The van der Waals surface area contributed by atoms with Gasteiger partial charge in [0.1, 0.15) is 5.75 Å². The summed E-state index contributed by atoms with van der Waals surface area (Å²) in [6, 6.07) is 12.3. The van der Waals surface area contributed by atoms with Crippen LogP contribution in [0.25, 0.3) is 0 Å². The number of rotatable bonds is 9. The molecule has 0 saturated carbocycles. The van der Waals surface area contributed by atoms with Crippen molar-refractivity contribution >= 4 is 11.7 Å². The third-order valence-corrected chi connectivity index (χ3v) is 6.11. The van der Waals surface area contributed by atoms with Crippen LogP contribution >= 0.6 is 0 Å². The van der Waals surface area contributed by atoms with Gasteiger partial charge in [0.25, 0.3) is 0 Å². The molecule has 2 amide bonds. The first kappa shape index (κ1) is 25.8. The van der Waals surface area contributed by atoms with E-state index < -0.39 is 17.8 Å². The number of amides is 2. The van der Waals surface area contributed by atoms with Gasteiger partial charge in [-0.3, -0.25) is 0 Å². The van der Waals surface area contributed by atoms with Crippen LogP contribution in [0.15, 0.2) is 48.5 Å². The molecule has 34 heavy (non-hydrogen) atoms. The number of hydrogen-bond acceptors (Lipinski definition) is 4. The highest BCUT2D eigenvalue weighted by atomic mass is 19.4. The summed E-state index contributed by atoms with van der Waals surface area (Å²) < 4.78 is 49.4. The fourth-order valence-electron chi connectivity index (χ4n) is 4.14. The zero-order chi connectivity index (χ0) is 24.6. The van der Waals surface area contributed by atoms with E-state index in [1.54, 1.807) is 19.1 Å². The fourth-order valence-corrected chi connectivity index (χ4v) is 4.14. The second-order valence-corrected chi connectivity index (χ2v) is 8.37. The third-order valence-electron chi connectivity index (χ3n) is 6.11. The predicted molar refractivity (Wildman–Crippen MR) is 125 cm³/mol. The van der Waals surface area contributed by atoms with Crippen LogP contribution in [0.5, 0.6) is 5.75 Å². The highest BCUT2D eigenvalue weighted by molar-refractivity contribution is 5.89. The predicted octanol–water partition coefficient (Wildman–Crippen LogP) is 4.90. The second-order valence-electron chi connectivity index (χ2n) is 8.37. The first-order valence-corrected chi connectivity index (χ1v) is 11.4. The van der Waals surface area contributed by atoms with E-state index in [-0.39, 0.29) is 11.7 Å². The zero-order valence-corrected chi connectivity index (χ0v) is 19.6. The fraction of sp³-hybridized carbons (Fsp3) is 0.480. The van der Waals surface area contributed by atoms with Crippen molar-refractivity contribution in [3.05, 3.63) is 59.7 Å². The molecule has 0 aliphatic carbocycles. The van der Waals surface area contributed by atoms with Crippen LogP contribution in [-0.4, -0.2) is 68.9 Å². The Bertz CT molecular complexity index is 914. The molecule has 1 fully saturated rings. The Balaban J connectivity index is 1.55. The summed E-state index contributed by atoms with van der Waals surface area (Å²) >= 11 is 0. The molecular formula is C25H32F3N3O3. The van der Waals surface area contributed by atoms with Gasteiger partial charge in [-0.2, -0.15) is 13.2 Å². The van der Waals surface area contributed by atoms with Crippen LogP contribution in [-0.2, 0) is 17.3 Å². The average molecular weight is 480 g/mol. The van der Waals surface area contributed by atoms with E-state index in [9.17, 15) is 18.0 Å². The number of anilines is 1. The molecule has 0 bridgehead atoms. The average Bonchev–Trinajstić information content (AvgIpc) is 2.83. The van der Waals surface area contributed by atoms with Gasteiger partial charge in [-0.15, -0.1) is 0 Å². The molecule has 6 nitrogen and oxygen atoms in total. The van der Waals surface area contributed by atoms with Crippen LogP contribution in [0.4, 0.5) is 23.7 Å². The first-order chi connectivity index (χ1) is 16.3. The Hall–Kier alpha value is -2.78. The molecule has 9 heteroatoms. The van der Waals surface area contributed by atoms with Gasteiger partial charge in [-0.25, -0.2) is 4.79 Å². The van der Waals surface area contributed by atoms with Crippen molar-refractivity contribution in [2.45, 2.75) is 31.5 Å². The Morgan fingerprint density at radius 2 is 1.82 bits per heavy atom. The highest BCUT2D eigenvalue weighted by Crippen LogP contribution is 2.31. The Labute approximate surface area is 198 Å². The molecule has 1 aliphatic heterocycles. The molecule has 1 aliphatic rings. The smallest absolute Gasteiger partial charge is 0.416 e. The molecule has 2 aromatic carbocycles. The molecule has 1 saturated heterocycles. The lowest BCUT2D eigenvalue weighted by molar-refractivity contribution is -0.137. The lowest BCUT2D eigenvalue weighted by Crippen LogP contribution is -2.50. The maximum atomic E-state index is 13.0. The van der Waals surface area contributed by atoms with Crippen molar-refractivity contribution in [3.8, 4) is 5.75 Å². The summed E-state index contributed by atoms with van der Waals surface area (Å²) in [6.07, 6.45) is -1.95. The van der Waals surface area contributed by atoms with Gasteiger partial charge in [0, 0.05) is 45.0 Å².